The highest BCUT2D eigenvalue weighted by Gasteiger charge is 2.31. The van der Waals surface area contributed by atoms with E-state index in [1.165, 1.54) is 12.1 Å². The quantitative estimate of drug-likeness (QED) is 0.0824. The van der Waals surface area contributed by atoms with Crippen LogP contribution in [0.2, 0.25) is 0 Å². The first-order valence-corrected chi connectivity index (χ1v) is 13.7. The summed E-state index contributed by atoms with van der Waals surface area (Å²) < 4.78 is 80.4. The second kappa shape index (κ2) is 10.3. The molecule has 0 amide bonds. The summed E-state index contributed by atoms with van der Waals surface area (Å²) in [5, 5.41) is 19.5. The molecule has 46 heavy (non-hydrogen) atoms. The Morgan fingerprint density at radius 3 is 1.41 bits per heavy atom. The van der Waals surface area contributed by atoms with E-state index < -0.39 is 23.5 Å². The van der Waals surface area contributed by atoms with Gasteiger partial charge in [0, 0.05) is 21.5 Å². The van der Waals surface area contributed by atoms with Crippen LogP contribution in [0.4, 0.5) is 26.3 Å². The Bertz CT molecular complexity index is 2410. The number of hydrogen-bond donors (Lipinski definition) is 0. The van der Waals surface area contributed by atoms with Crippen molar-refractivity contribution in [1.29, 1.82) is 5.26 Å². The molecule has 0 bridgehead atoms. The van der Waals surface area contributed by atoms with Crippen molar-refractivity contribution < 1.29 is 26.3 Å². The molecular formula is C36H16F6N4. The van der Waals surface area contributed by atoms with E-state index in [9.17, 15) is 31.6 Å². The second-order valence-corrected chi connectivity index (χ2v) is 10.7. The minimum atomic E-state index is -4.51. The zero-order valence-electron chi connectivity index (χ0n) is 23.3. The maximum absolute atomic E-state index is 13.4. The molecule has 0 aromatic heterocycles. The molecule has 222 valence electrons. The van der Waals surface area contributed by atoms with E-state index in [2.05, 4.69) is 15.0 Å². The van der Waals surface area contributed by atoms with Gasteiger partial charge >= 0.3 is 12.4 Å². The molecule has 7 rings (SSSR count). The first-order chi connectivity index (χ1) is 22.0. The maximum Gasteiger partial charge on any atom is 0.416 e. The Balaban J connectivity index is 1.48. The first-order valence-electron chi connectivity index (χ1n) is 13.7. The predicted octanol–water partition coefficient (Wildman–Crippen LogP) is 9.66. The summed E-state index contributed by atoms with van der Waals surface area (Å²) in [5.74, 6) is 0. The number of hydrogen-bond acceptors (Lipinski definition) is 3. The Hall–Kier alpha value is -6.00. The molecule has 0 fully saturated rings. The number of halogens is 6. The van der Waals surface area contributed by atoms with E-state index in [4.69, 9.17) is 6.57 Å². The topological polar surface area (TPSA) is 52.9 Å². The fourth-order valence-corrected chi connectivity index (χ4v) is 6.11. The van der Waals surface area contributed by atoms with Crippen molar-refractivity contribution in [3.63, 3.8) is 0 Å². The Morgan fingerprint density at radius 1 is 0.522 bits per heavy atom. The van der Waals surface area contributed by atoms with Crippen LogP contribution in [0.25, 0.3) is 70.3 Å². The van der Waals surface area contributed by atoms with E-state index in [0.29, 0.717) is 76.1 Å². The van der Waals surface area contributed by atoms with E-state index >= 15 is 0 Å². The molecule has 7 aromatic carbocycles. The summed E-state index contributed by atoms with van der Waals surface area (Å²) in [7, 11) is 0. The lowest BCUT2D eigenvalue weighted by Gasteiger charge is -2.09. The van der Waals surface area contributed by atoms with Gasteiger partial charge in [-0.2, -0.15) is 43.2 Å². The van der Waals surface area contributed by atoms with Crippen LogP contribution in [0.5, 0.6) is 0 Å². The van der Waals surface area contributed by atoms with Crippen LogP contribution in [0.15, 0.2) is 107 Å². The molecule has 7 aromatic rings. The third kappa shape index (κ3) is 4.63. The Kier molecular flexibility index (Phi) is 6.43. The van der Waals surface area contributed by atoms with Crippen LogP contribution in [0, 0.1) is 18.0 Å². The van der Waals surface area contributed by atoms with Crippen LogP contribution in [0.3, 0.4) is 0 Å². The van der Waals surface area contributed by atoms with Crippen LogP contribution in [0.1, 0.15) is 11.1 Å². The summed E-state index contributed by atoms with van der Waals surface area (Å²) in [4.78, 5) is 7.35. The molecule has 0 unspecified atom stereocenters. The van der Waals surface area contributed by atoms with Crippen molar-refractivity contribution in [2.75, 3.05) is 0 Å². The number of rotatable bonds is 2. The van der Waals surface area contributed by atoms with Gasteiger partial charge in [-0.05, 0) is 92.3 Å². The summed E-state index contributed by atoms with van der Waals surface area (Å²) >= 11 is 0. The molecule has 0 N–H and O–H groups in total. The predicted molar refractivity (Wildman–Crippen MR) is 163 cm³/mol. The lowest BCUT2D eigenvalue weighted by atomic mass is 10.0. The largest absolute Gasteiger partial charge is 0.416 e. The van der Waals surface area contributed by atoms with Crippen LogP contribution in [-0.2, 0) is 12.4 Å². The lowest BCUT2D eigenvalue weighted by Crippen LogP contribution is -2.04. The van der Waals surface area contributed by atoms with E-state index in [1.54, 1.807) is 48.5 Å². The monoisotopic (exact) mass is 618 g/mol. The molecule has 0 aliphatic heterocycles. The number of nitrogens with zero attached hydrogens (tertiary/aromatic N) is 4. The Labute approximate surface area is 255 Å². The molecule has 0 saturated heterocycles. The summed E-state index contributed by atoms with van der Waals surface area (Å²) in [6, 6.07) is 24.0. The molecule has 10 heteroatoms. The van der Waals surface area contributed by atoms with Gasteiger partial charge < -0.3 is 0 Å². The second-order valence-electron chi connectivity index (χ2n) is 10.7. The van der Waals surface area contributed by atoms with E-state index in [1.807, 2.05) is 18.3 Å². The number of nitriles is 1. The van der Waals surface area contributed by atoms with Gasteiger partial charge in [0.25, 0.3) is 0 Å². The zero-order valence-corrected chi connectivity index (χ0v) is 23.3. The van der Waals surface area contributed by atoms with Crippen molar-refractivity contribution >= 4 is 43.1 Å². The lowest BCUT2D eigenvalue weighted by molar-refractivity contribution is -0.138. The minimum absolute atomic E-state index is 0.349. The van der Waals surface area contributed by atoms with E-state index in [-0.39, 0.29) is 0 Å². The number of alkyl halides is 6. The number of fused-ring (bicyclic) bond motifs is 6. The summed E-state index contributed by atoms with van der Waals surface area (Å²) in [6.45, 7) is 7.47. The summed E-state index contributed by atoms with van der Waals surface area (Å²) in [6.07, 6.45) is -7.18. The fourth-order valence-electron chi connectivity index (χ4n) is 6.11. The molecule has 0 heterocycles. The van der Waals surface area contributed by atoms with Gasteiger partial charge in [-0.25, -0.2) is 0 Å². The molecule has 0 aliphatic rings. The zero-order chi connectivity index (χ0) is 32.4. The molecular weight excluding hydrogens is 602 g/mol. The van der Waals surface area contributed by atoms with Gasteiger partial charge in [-0.3, -0.25) is 0 Å². The third-order valence-electron chi connectivity index (χ3n) is 8.16. The molecule has 0 radical (unpaired) electrons. The first kappa shape index (κ1) is 28.8. The average molecular weight is 619 g/mol. The van der Waals surface area contributed by atoms with Crippen LogP contribution < -0.4 is 10.7 Å². The van der Waals surface area contributed by atoms with Gasteiger partial charge in [-0.15, -0.1) is 4.95 Å². The average Bonchev–Trinajstić information content (AvgIpc) is 3.50. The van der Waals surface area contributed by atoms with Gasteiger partial charge in [0.1, 0.15) is 0 Å². The van der Waals surface area contributed by atoms with Crippen LogP contribution in [-0.4, -0.2) is 0 Å². The Morgan fingerprint density at radius 2 is 0.957 bits per heavy atom. The highest BCUT2D eigenvalue weighted by Crippen LogP contribution is 2.37. The van der Waals surface area contributed by atoms with Crippen molar-refractivity contribution in [3.8, 4) is 28.4 Å². The highest BCUT2D eigenvalue weighted by molar-refractivity contribution is 6.21. The van der Waals surface area contributed by atoms with Crippen molar-refractivity contribution in [1.82, 2.24) is 0 Å². The molecule has 0 saturated carbocycles. The fraction of sp³-hybridized carbons (Fsp3) is 0.0556. The van der Waals surface area contributed by atoms with Crippen molar-refractivity contribution in [2.24, 2.45) is 10.1 Å². The molecule has 4 nitrogen and oxygen atoms in total. The molecule has 0 atom stereocenters. The molecule has 0 aliphatic carbocycles. The van der Waals surface area contributed by atoms with Gasteiger partial charge in [-0.1, -0.05) is 48.5 Å². The minimum Gasteiger partial charge on any atom is -0.181 e. The van der Waals surface area contributed by atoms with E-state index in [0.717, 1.165) is 24.3 Å². The standard InChI is InChI=1S/C36H16F6N4/c1-44-46-34-30-15-22(20-5-3-7-24(13-20)36(40,41)42)9-11-26(30)28-16-31-27(17-32(28)34)25-10-8-21(14-29(25)33(31)45-18-43)19-4-2-6-23(12-19)35(37,38)39/h2-17H. The van der Waals surface area contributed by atoms with Gasteiger partial charge in [0.15, 0.2) is 5.36 Å². The van der Waals surface area contributed by atoms with Gasteiger partial charge in [0.2, 0.25) is 6.19 Å². The highest BCUT2D eigenvalue weighted by atomic mass is 19.4. The third-order valence-corrected chi connectivity index (χ3v) is 8.16. The van der Waals surface area contributed by atoms with Gasteiger partial charge in [0.05, 0.1) is 21.6 Å². The van der Waals surface area contributed by atoms with Crippen LogP contribution >= 0.6 is 0 Å². The maximum atomic E-state index is 13.4. The smallest absolute Gasteiger partial charge is 0.181 e. The van der Waals surface area contributed by atoms with Crippen molar-refractivity contribution in [2.45, 2.75) is 12.4 Å². The SMILES string of the molecule is [C-]#[N+]N=c1c2cc(-c3cccc(C(F)(F)F)c3)ccc2c2cc3c(=NC#N)c4cc(-c5cccc(C(F)(F)F)c5)ccc4c3cc12. The summed E-state index contributed by atoms with van der Waals surface area (Å²) in [5.41, 5.74) is 0.175. The van der Waals surface area contributed by atoms with Crippen molar-refractivity contribution in [3.05, 3.63) is 130 Å². The normalized spacial score (nSPS) is 13.2. The molecule has 0 spiro atoms. The number of benzene rings is 5.